The van der Waals surface area contributed by atoms with Crippen molar-refractivity contribution in [3.63, 3.8) is 0 Å². The Kier molecular flexibility index (Phi) is 2.97. The summed E-state index contributed by atoms with van der Waals surface area (Å²) in [6.45, 7) is 5.46. The Bertz CT molecular complexity index is 282. The first-order valence-corrected chi connectivity index (χ1v) is 6.00. The van der Waals surface area contributed by atoms with Crippen molar-refractivity contribution in [3.8, 4) is 0 Å². The summed E-state index contributed by atoms with van der Waals surface area (Å²) in [5.74, 6) is 0.222. The maximum atomic E-state index is 12.0. The van der Waals surface area contributed by atoms with E-state index in [2.05, 4.69) is 19.2 Å². The standard InChI is InChI=1S/C12H21NO3/c1-11(2)7-9(11)10(15)13-12(8-14)3-5-16-6-4-12/h9,14H,3-8H2,1-2H3,(H,13,15). The first-order chi connectivity index (χ1) is 7.49. The molecule has 1 unspecified atom stereocenters. The fourth-order valence-corrected chi connectivity index (χ4v) is 2.35. The Labute approximate surface area is 96.4 Å². The minimum atomic E-state index is -0.437. The van der Waals surface area contributed by atoms with E-state index >= 15 is 0 Å². The van der Waals surface area contributed by atoms with Gasteiger partial charge in [0.25, 0.3) is 0 Å². The van der Waals surface area contributed by atoms with Crippen molar-refractivity contribution in [1.29, 1.82) is 0 Å². The summed E-state index contributed by atoms with van der Waals surface area (Å²) in [6.07, 6.45) is 2.38. The van der Waals surface area contributed by atoms with E-state index in [4.69, 9.17) is 4.74 Å². The Morgan fingerprint density at radius 2 is 2.00 bits per heavy atom. The second-order valence-corrected chi connectivity index (χ2v) is 5.79. The second kappa shape index (κ2) is 4.00. The van der Waals surface area contributed by atoms with E-state index in [1.54, 1.807) is 0 Å². The van der Waals surface area contributed by atoms with Crippen LogP contribution in [-0.2, 0) is 9.53 Å². The van der Waals surface area contributed by atoms with Crippen LogP contribution in [0.2, 0.25) is 0 Å². The summed E-state index contributed by atoms with van der Waals surface area (Å²) in [6, 6.07) is 0. The highest BCUT2D eigenvalue weighted by Crippen LogP contribution is 2.51. The minimum Gasteiger partial charge on any atom is -0.394 e. The first-order valence-electron chi connectivity index (χ1n) is 6.00. The van der Waals surface area contributed by atoms with Crippen molar-refractivity contribution in [2.24, 2.45) is 11.3 Å². The van der Waals surface area contributed by atoms with Gasteiger partial charge in [0.15, 0.2) is 0 Å². The third kappa shape index (κ3) is 2.23. The minimum absolute atomic E-state index is 0.00918. The lowest BCUT2D eigenvalue weighted by Crippen LogP contribution is -2.55. The van der Waals surface area contributed by atoms with Gasteiger partial charge in [-0.05, 0) is 24.7 Å². The van der Waals surface area contributed by atoms with Gasteiger partial charge in [-0.25, -0.2) is 0 Å². The molecule has 16 heavy (non-hydrogen) atoms. The van der Waals surface area contributed by atoms with Gasteiger partial charge in [-0.1, -0.05) is 13.8 Å². The monoisotopic (exact) mass is 227 g/mol. The summed E-state index contributed by atoms with van der Waals surface area (Å²) in [5, 5.41) is 12.5. The van der Waals surface area contributed by atoms with Crippen molar-refractivity contribution in [2.45, 2.75) is 38.6 Å². The van der Waals surface area contributed by atoms with Gasteiger partial charge >= 0.3 is 0 Å². The average molecular weight is 227 g/mol. The molecule has 1 saturated carbocycles. The van der Waals surface area contributed by atoms with E-state index in [0.29, 0.717) is 26.1 Å². The van der Waals surface area contributed by atoms with Crippen molar-refractivity contribution in [1.82, 2.24) is 5.32 Å². The van der Waals surface area contributed by atoms with Crippen molar-refractivity contribution in [2.75, 3.05) is 19.8 Å². The average Bonchev–Trinajstić information content (AvgIpc) is 2.89. The molecule has 2 fully saturated rings. The molecule has 1 atom stereocenters. The molecular formula is C12H21NO3. The number of amides is 1. The van der Waals surface area contributed by atoms with Crippen LogP contribution < -0.4 is 5.32 Å². The van der Waals surface area contributed by atoms with Crippen LogP contribution in [0.4, 0.5) is 0 Å². The maximum Gasteiger partial charge on any atom is 0.224 e. The number of aliphatic hydroxyl groups excluding tert-OH is 1. The molecule has 1 saturated heterocycles. The lowest BCUT2D eigenvalue weighted by Gasteiger charge is -2.36. The summed E-state index contributed by atoms with van der Waals surface area (Å²) >= 11 is 0. The Morgan fingerprint density at radius 1 is 1.44 bits per heavy atom. The summed E-state index contributed by atoms with van der Waals surface area (Å²) in [5.41, 5.74) is -0.292. The number of hydrogen-bond acceptors (Lipinski definition) is 3. The summed E-state index contributed by atoms with van der Waals surface area (Å²) in [7, 11) is 0. The molecule has 0 radical (unpaired) electrons. The topological polar surface area (TPSA) is 58.6 Å². The Hall–Kier alpha value is -0.610. The highest BCUT2D eigenvalue weighted by molar-refractivity contribution is 5.83. The van der Waals surface area contributed by atoms with E-state index < -0.39 is 5.54 Å². The van der Waals surface area contributed by atoms with Crippen molar-refractivity contribution in [3.05, 3.63) is 0 Å². The predicted octanol–water partition coefficient (Wildman–Crippen LogP) is 0.690. The maximum absolute atomic E-state index is 12.0. The zero-order chi connectivity index (χ0) is 11.8. The predicted molar refractivity (Wildman–Crippen MR) is 59.9 cm³/mol. The molecule has 0 aromatic rings. The molecule has 0 aromatic heterocycles. The molecule has 1 aliphatic heterocycles. The fourth-order valence-electron chi connectivity index (χ4n) is 2.35. The van der Waals surface area contributed by atoms with Gasteiger partial charge in [-0.15, -0.1) is 0 Å². The van der Waals surface area contributed by atoms with E-state index in [1.807, 2.05) is 0 Å². The number of carbonyl (C=O) groups is 1. The van der Waals surface area contributed by atoms with E-state index in [-0.39, 0.29) is 23.8 Å². The van der Waals surface area contributed by atoms with E-state index in [0.717, 1.165) is 6.42 Å². The smallest absolute Gasteiger partial charge is 0.224 e. The zero-order valence-electron chi connectivity index (χ0n) is 10.1. The van der Waals surface area contributed by atoms with Gasteiger partial charge in [-0.3, -0.25) is 4.79 Å². The normalized spacial score (nSPS) is 30.8. The summed E-state index contributed by atoms with van der Waals surface area (Å²) < 4.78 is 5.26. The molecule has 4 heteroatoms. The van der Waals surface area contributed by atoms with E-state index in [1.165, 1.54) is 0 Å². The molecule has 92 valence electrons. The lowest BCUT2D eigenvalue weighted by atomic mass is 9.90. The number of ether oxygens (including phenoxy) is 1. The van der Waals surface area contributed by atoms with Crippen LogP contribution in [0.1, 0.15) is 33.1 Å². The van der Waals surface area contributed by atoms with Crippen LogP contribution >= 0.6 is 0 Å². The zero-order valence-corrected chi connectivity index (χ0v) is 10.1. The number of aliphatic hydroxyl groups is 1. The molecule has 0 spiro atoms. The molecule has 2 aliphatic rings. The number of nitrogens with one attached hydrogen (secondary N) is 1. The highest BCUT2D eigenvalue weighted by Gasteiger charge is 2.52. The third-order valence-corrected chi connectivity index (χ3v) is 3.97. The van der Waals surface area contributed by atoms with Gasteiger partial charge in [0.1, 0.15) is 0 Å². The largest absolute Gasteiger partial charge is 0.394 e. The molecule has 2 N–H and O–H groups in total. The van der Waals surface area contributed by atoms with Crippen molar-refractivity contribution < 1.29 is 14.6 Å². The van der Waals surface area contributed by atoms with Gasteiger partial charge in [-0.2, -0.15) is 0 Å². The van der Waals surface area contributed by atoms with Crippen LogP contribution in [0, 0.1) is 11.3 Å². The fraction of sp³-hybridized carbons (Fsp3) is 0.917. The molecule has 2 rings (SSSR count). The molecule has 1 amide bonds. The molecule has 4 nitrogen and oxygen atoms in total. The molecule has 0 bridgehead atoms. The van der Waals surface area contributed by atoms with Gasteiger partial charge in [0, 0.05) is 19.1 Å². The third-order valence-electron chi connectivity index (χ3n) is 3.97. The second-order valence-electron chi connectivity index (χ2n) is 5.79. The van der Waals surface area contributed by atoms with Crippen LogP contribution in [-0.4, -0.2) is 36.4 Å². The number of rotatable bonds is 3. The number of carbonyl (C=O) groups excluding carboxylic acids is 1. The lowest BCUT2D eigenvalue weighted by molar-refractivity contribution is -0.127. The van der Waals surface area contributed by atoms with Gasteiger partial charge in [0.05, 0.1) is 12.1 Å². The van der Waals surface area contributed by atoms with Crippen LogP contribution in [0.25, 0.3) is 0 Å². The Balaban J connectivity index is 1.94. The van der Waals surface area contributed by atoms with Crippen LogP contribution in [0.5, 0.6) is 0 Å². The quantitative estimate of drug-likeness (QED) is 0.746. The highest BCUT2D eigenvalue weighted by atomic mass is 16.5. The molecule has 1 heterocycles. The Morgan fingerprint density at radius 3 is 2.44 bits per heavy atom. The number of hydrogen-bond donors (Lipinski definition) is 2. The first kappa shape index (κ1) is 11.9. The summed E-state index contributed by atoms with van der Waals surface area (Å²) in [4.78, 5) is 12.0. The molecule has 1 aliphatic carbocycles. The van der Waals surface area contributed by atoms with Crippen molar-refractivity contribution >= 4 is 5.91 Å². The van der Waals surface area contributed by atoms with Gasteiger partial charge < -0.3 is 15.2 Å². The van der Waals surface area contributed by atoms with Gasteiger partial charge in [0.2, 0.25) is 5.91 Å². The van der Waals surface area contributed by atoms with E-state index in [9.17, 15) is 9.90 Å². The van der Waals surface area contributed by atoms with Crippen LogP contribution in [0.15, 0.2) is 0 Å². The molecular weight excluding hydrogens is 206 g/mol. The molecule has 0 aromatic carbocycles. The van der Waals surface area contributed by atoms with Crippen LogP contribution in [0.3, 0.4) is 0 Å². The SMILES string of the molecule is CC1(C)CC1C(=O)NC1(CO)CCOCC1.